The molecule has 1 aliphatic heterocycles. The number of nitrogens with zero attached hydrogens (tertiary/aromatic N) is 5. The molecule has 0 unspecified atom stereocenters. The van der Waals surface area contributed by atoms with Crippen molar-refractivity contribution < 1.29 is 19.2 Å². The lowest BCUT2D eigenvalue weighted by atomic mass is 9.95. The van der Waals surface area contributed by atoms with Crippen LogP contribution in [0.2, 0.25) is 10.0 Å². The highest BCUT2D eigenvalue weighted by Gasteiger charge is 2.33. The summed E-state index contributed by atoms with van der Waals surface area (Å²) < 4.78 is 12.5. The molecule has 5 aromatic rings. The summed E-state index contributed by atoms with van der Waals surface area (Å²) in [5, 5.41) is 20.2. The number of allylic oxidation sites excluding steroid dienone is 1. The summed E-state index contributed by atoms with van der Waals surface area (Å²) in [5.41, 5.74) is 1.64. The molecule has 244 valence electrons. The van der Waals surface area contributed by atoms with Crippen LogP contribution in [0, 0.1) is 10.1 Å². The van der Waals surface area contributed by atoms with E-state index in [0.717, 1.165) is 23.1 Å². The number of carbonyl (C=O) groups is 1. The molecular weight excluding hydrogens is 699 g/mol. The third-order valence-corrected chi connectivity index (χ3v) is 9.72. The quantitative estimate of drug-likeness (QED) is 0.110. The molecule has 0 radical (unpaired) electrons. The van der Waals surface area contributed by atoms with E-state index in [1.807, 2.05) is 0 Å². The van der Waals surface area contributed by atoms with E-state index >= 15 is 0 Å². The van der Waals surface area contributed by atoms with E-state index in [1.165, 1.54) is 17.7 Å². The maximum atomic E-state index is 14.0. The van der Waals surface area contributed by atoms with Crippen molar-refractivity contribution in [3.8, 4) is 17.1 Å². The molecule has 0 saturated heterocycles. The summed E-state index contributed by atoms with van der Waals surface area (Å²) in [6, 6.07) is 15.8. The number of nitro benzene ring substituents is 1. The molecule has 3 aromatic carbocycles. The summed E-state index contributed by atoms with van der Waals surface area (Å²) in [7, 11) is 1.53. The Kier molecular flexibility index (Phi) is 9.51. The second-order valence-electron chi connectivity index (χ2n) is 10.3. The fourth-order valence-electron chi connectivity index (χ4n) is 5.12. The number of carbonyl (C=O) groups excluding carboxylic acids is 1. The average molecular weight is 724 g/mol. The van der Waals surface area contributed by atoms with Crippen molar-refractivity contribution in [3.05, 3.63) is 123 Å². The van der Waals surface area contributed by atoms with E-state index < -0.39 is 22.5 Å². The Bertz CT molecular complexity index is 2320. The van der Waals surface area contributed by atoms with Crippen LogP contribution in [0.5, 0.6) is 5.75 Å². The monoisotopic (exact) mass is 722 g/mol. The van der Waals surface area contributed by atoms with E-state index in [4.69, 9.17) is 32.7 Å². The van der Waals surface area contributed by atoms with E-state index in [0.29, 0.717) is 53.7 Å². The summed E-state index contributed by atoms with van der Waals surface area (Å²) in [6.45, 7) is 3.54. The van der Waals surface area contributed by atoms with Crippen LogP contribution in [0.1, 0.15) is 31.0 Å². The molecule has 1 atom stereocenters. The number of aromatic amines is 1. The fourth-order valence-corrected chi connectivity index (χ4v) is 7.46. The Morgan fingerprint density at radius 1 is 1.19 bits per heavy atom. The predicted octanol–water partition coefficient (Wildman–Crippen LogP) is 5.96. The van der Waals surface area contributed by atoms with Gasteiger partial charge in [-0.25, -0.2) is 14.8 Å². The van der Waals surface area contributed by atoms with Crippen LogP contribution >= 0.6 is 46.3 Å². The summed E-state index contributed by atoms with van der Waals surface area (Å²) in [6.07, 6.45) is 1.56. The molecule has 3 heterocycles. The molecule has 0 aliphatic carbocycles. The third kappa shape index (κ3) is 6.52. The van der Waals surface area contributed by atoms with Crippen LogP contribution < -0.4 is 19.6 Å². The summed E-state index contributed by atoms with van der Waals surface area (Å²) in [5.74, 6) is 0.342. The number of esters is 1. The number of aromatic nitrogens is 4. The van der Waals surface area contributed by atoms with Crippen molar-refractivity contribution in [2.75, 3.05) is 13.7 Å². The first-order chi connectivity index (χ1) is 23.1. The maximum absolute atomic E-state index is 14.0. The number of rotatable bonds is 9. The van der Waals surface area contributed by atoms with Gasteiger partial charge < -0.3 is 9.47 Å². The highest BCUT2D eigenvalue weighted by Crippen LogP contribution is 2.36. The molecule has 2 aromatic heterocycles. The Morgan fingerprint density at radius 3 is 2.73 bits per heavy atom. The van der Waals surface area contributed by atoms with Crippen molar-refractivity contribution in [1.82, 2.24) is 19.7 Å². The van der Waals surface area contributed by atoms with Crippen LogP contribution in [0.4, 0.5) is 5.69 Å². The minimum Gasteiger partial charge on any atom is -0.497 e. The first-order valence-corrected chi connectivity index (χ1v) is 16.6. The largest absolute Gasteiger partial charge is 0.497 e. The highest BCUT2D eigenvalue weighted by molar-refractivity contribution is 7.99. The van der Waals surface area contributed by atoms with Gasteiger partial charge >= 0.3 is 5.97 Å². The molecular formula is C32H24Cl2N6O6S2. The van der Waals surface area contributed by atoms with Crippen LogP contribution in [0.15, 0.2) is 91.8 Å². The van der Waals surface area contributed by atoms with Gasteiger partial charge in [-0.2, -0.15) is 0 Å². The number of thiazole rings is 1. The fraction of sp³-hybridized carbons (Fsp3) is 0.156. The maximum Gasteiger partial charge on any atom is 0.338 e. The second kappa shape index (κ2) is 13.8. The first kappa shape index (κ1) is 33.2. The van der Waals surface area contributed by atoms with Gasteiger partial charge in [0.25, 0.3) is 11.2 Å². The number of H-pyrrole nitrogens is 1. The van der Waals surface area contributed by atoms with Gasteiger partial charge in [0.15, 0.2) is 10.6 Å². The average Bonchev–Trinajstić information content (AvgIpc) is 3.64. The normalized spacial score (nSPS) is 14.4. The van der Waals surface area contributed by atoms with Crippen molar-refractivity contribution in [2.24, 2.45) is 4.99 Å². The molecule has 0 amide bonds. The van der Waals surface area contributed by atoms with Gasteiger partial charge in [0, 0.05) is 16.7 Å². The zero-order valence-corrected chi connectivity index (χ0v) is 28.5. The van der Waals surface area contributed by atoms with Crippen molar-refractivity contribution >= 4 is 64.0 Å². The summed E-state index contributed by atoms with van der Waals surface area (Å²) >= 11 is 14.4. The number of nitro groups is 1. The van der Waals surface area contributed by atoms with Crippen LogP contribution in [-0.4, -0.2) is 44.4 Å². The zero-order chi connectivity index (χ0) is 34.1. The van der Waals surface area contributed by atoms with E-state index in [2.05, 4.69) is 20.2 Å². The zero-order valence-electron chi connectivity index (χ0n) is 25.4. The Labute approximate surface area is 290 Å². The topological polar surface area (TPSA) is 155 Å². The first-order valence-electron chi connectivity index (χ1n) is 14.3. The number of ether oxygens (including phenoxy) is 2. The number of hydrogen-bond donors (Lipinski definition) is 1. The Balaban J connectivity index is 1.38. The van der Waals surface area contributed by atoms with Crippen molar-refractivity contribution in [1.29, 1.82) is 0 Å². The SMILES string of the molecule is CCOC(=O)C1=C(C)N=c2s/c(=C/c3ccc(Sc4n[nH]c(-c5ccc(Cl)cc5Cl)n4)c([N+](=O)[O-])c3)c(=O)n2[C@H]1c1cccc(OC)c1. The van der Waals surface area contributed by atoms with Gasteiger partial charge in [0.2, 0.25) is 5.16 Å². The van der Waals surface area contributed by atoms with Gasteiger partial charge in [0.1, 0.15) is 5.75 Å². The molecule has 48 heavy (non-hydrogen) atoms. The smallest absolute Gasteiger partial charge is 0.338 e. The number of methoxy groups -OCH3 is 1. The highest BCUT2D eigenvalue weighted by atomic mass is 35.5. The molecule has 0 spiro atoms. The number of hydrogen-bond acceptors (Lipinski definition) is 11. The van der Waals surface area contributed by atoms with Gasteiger partial charge in [-0.3, -0.25) is 24.6 Å². The Hall–Kier alpha value is -4.76. The molecule has 0 saturated carbocycles. The van der Waals surface area contributed by atoms with E-state index in [1.54, 1.807) is 74.5 Å². The standard InChI is InChI=1S/C32H24Cl2N6O6S2/c1-4-46-30(42)26-16(2)35-32-39(27(26)18-6-5-7-20(14-18)45-3)29(41)25(48-32)13-17-8-11-24(23(12-17)40(43)44)47-31-36-28(37-38-31)21-10-9-19(33)15-22(21)34/h5-15,27H,4H2,1-3H3,(H,36,37,38)/b25-13+/t27-/m0/s1. The minimum atomic E-state index is -0.834. The van der Waals surface area contributed by atoms with Gasteiger partial charge in [-0.1, -0.05) is 52.7 Å². The molecule has 0 fully saturated rings. The predicted molar refractivity (Wildman–Crippen MR) is 182 cm³/mol. The number of halogens is 2. The van der Waals surface area contributed by atoms with Gasteiger partial charge in [-0.15, -0.1) is 5.10 Å². The molecule has 0 bridgehead atoms. The van der Waals surface area contributed by atoms with Gasteiger partial charge in [-0.05, 0) is 79.2 Å². The van der Waals surface area contributed by atoms with E-state index in [9.17, 15) is 19.7 Å². The molecule has 12 nitrogen and oxygen atoms in total. The lowest BCUT2D eigenvalue weighted by Crippen LogP contribution is -2.39. The van der Waals surface area contributed by atoms with Crippen LogP contribution in [0.25, 0.3) is 17.5 Å². The van der Waals surface area contributed by atoms with Crippen molar-refractivity contribution in [3.63, 3.8) is 0 Å². The number of nitrogens with one attached hydrogen (secondary N) is 1. The Morgan fingerprint density at radius 2 is 2.00 bits per heavy atom. The second-order valence-corrected chi connectivity index (χ2v) is 13.1. The van der Waals surface area contributed by atoms with Crippen LogP contribution in [-0.2, 0) is 9.53 Å². The third-order valence-electron chi connectivity index (χ3n) is 7.26. The summed E-state index contributed by atoms with van der Waals surface area (Å²) in [4.78, 5) is 48.4. The lowest BCUT2D eigenvalue weighted by Gasteiger charge is -2.25. The molecule has 1 aliphatic rings. The number of benzene rings is 3. The minimum absolute atomic E-state index is 0.145. The lowest BCUT2D eigenvalue weighted by molar-refractivity contribution is -0.387. The molecule has 16 heteroatoms. The van der Waals surface area contributed by atoms with Crippen molar-refractivity contribution in [2.45, 2.75) is 29.9 Å². The van der Waals surface area contributed by atoms with Crippen LogP contribution in [0.3, 0.4) is 0 Å². The number of fused-ring (bicyclic) bond motifs is 1. The molecule has 6 rings (SSSR count). The van der Waals surface area contributed by atoms with E-state index in [-0.39, 0.29) is 27.6 Å². The van der Waals surface area contributed by atoms with Gasteiger partial charge in [0.05, 0.1) is 50.4 Å². The molecule has 1 N–H and O–H groups in total.